The van der Waals surface area contributed by atoms with E-state index in [1.54, 1.807) is 25.3 Å². The molecule has 19 heavy (non-hydrogen) atoms. The Balaban J connectivity index is 2.43. The fourth-order valence-electron chi connectivity index (χ4n) is 1.68. The highest BCUT2D eigenvalue weighted by atomic mass is 19.1. The molecule has 0 fully saturated rings. The van der Waals surface area contributed by atoms with Crippen molar-refractivity contribution in [2.24, 2.45) is 0 Å². The van der Waals surface area contributed by atoms with Crippen LogP contribution in [0.15, 0.2) is 24.3 Å². The molecule has 0 aliphatic rings. The largest absolute Gasteiger partial charge is 0.494 e. The van der Waals surface area contributed by atoms with Gasteiger partial charge in [-0.2, -0.15) is 0 Å². The Bertz CT molecular complexity index is 590. The predicted octanol–water partition coefficient (Wildman–Crippen LogP) is 2.02. The molecule has 2 N–H and O–H groups in total. The number of hydrogen-bond acceptors (Lipinski definition) is 5. The second kappa shape index (κ2) is 5.62. The van der Waals surface area contributed by atoms with Crippen LogP contribution in [0.3, 0.4) is 0 Å². The molecule has 0 spiro atoms. The van der Waals surface area contributed by atoms with Crippen LogP contribution in [0.25, 0.3) is 11.3 Å². The lowest BCUT2D eigenvalue weighted by Gasteiger charge is -2.07. The maximum absolute atomic E-state index is 13.7. The standard InChI is InChI=1S/C13H14FN3O2/c1-18-7-13-16-10(6-12(15)17-13)8-3-4-11(19-2)9(14)5-8/h3-6H,7H2,1-2H3,(H2,15,16,17). The van der Waals surface area contributed by atoms with Crippen LogP contribution in [0.4, 0.5) is 10.2 Å². The Kier molecular flexibility index (Phi) is 3.91. The number of benzene rings is 1. The summed E-state index contributed by atoms with van der Waals surface area (Å²) in [5.41, 5.74) is 6.84. The highest BCUT2D eigenvalue weighted by Gasteiger charge is 2.09. The van der Waals surface area contributed by atoms with E-state index in [2.05, 4.69) is 9.97 Å². The van der Waals surface area contributed by atoms with E-state index in [0.717, 1.165) is 0 Å². The Morgan fingerprint density at radius 3 is 2.63 bits per heavy atom. The van der Waals surface area contributed by atoms with E-state index in [1.807, 2.05) is 0 Å². The molecule has 0 aliphatic heterocycles. The van der Waals surface area contributed by atoms with Crippen molar-refractivity contribution in [3.05, 3.63) is 35.9 Å². The molecule has 2 aromatic rings. The lowest BCUT2D eigenvalue weighted by molar-refractivity contribution is 0.178. The minimum absolute atomic E-state index is 0.183. The SMILES string of the molecule is COCc1nc(N)cc(-c2ccc(OC)c(F)c2)n1. The zero-order valence-corrected chi connectivity index (χ0v) is 10.7. The van der Waals surface area contributed by atoms with Gasteiger partial charge in [-0.25, -0.2) is 14.4 Å². The van der Waals surface area contributed by atoms with Crippen molar-refractivity contribution in [1.82, 2.24) is 9.97 Å². The quantitative estimate of drug-likeness (QED) is 0.913. The van der Waals surface area contributed by atoms with Crippen molar-refractivity contribution in [2.75, 3.05) is 20.0 Å². The number of methoxy groups -OCH3 is 2. The maximum Gasteiger partial charge on any atom is 0.165 e. The number of aromatic nitrogens is 2. The summed E-state index contributed by atoms with van der Waals surface area (Å²) in [7, 11) is 2.96. The molecule has 0 saturated heterocycles. The Morgan fingerprint density at radius 2 is 2.00 bits per heavy atom. The van der Waals surface area contributed by atoms with Gasteiger partial charge in [-0.3, -0.25) is 0 Å². The molecule has 0 bridgehead atoms. The summed E-state index contributed by atoms with van der Waals surface area (Å²) in [5, 5.41) is 0. The van der Waals surface area contributed by atoms with Crippen molar-refractivity contribution in [2.45, 2.75) is 6.61 Å². The van der Waals surface area contributed by atoms with Crippen LogP contribution < -0.4 is 10.5 Å². The van der Waals surface area contributed by atoms with Crippen LogP contribution in [-0.2, 0) is 11.3 Å². The van der Waals surface area contributed by atoms with Gasteiger partial charge in [-0.1, -0.05) is 0 Å². The summed E-state index contributed by atoms with van der Waals surface area (Å²) in [6, 6.07) is 6.18. The molecule has 0 amide bonds. The lowest BCUT2D eigenvalue weighted by Crippen LogP contribution is -2.02. The van der Waals surface area contributed by atoms with Crippen LogP contribution in [0.1, 0.15) is 5.82 Å². The van der Waals surface area contributed by atoms with Crippen LogP contribution in [0.5, 0.6) is 5.75 Å². The summed E-state index contributed by atoms with van der Waals surface area (Å²) in [6.45, 7) is 0.247. The molecule has 0 aliphatic carbocycles. The first-order chi connectivity index (χ1) is 9.13. The molecular formula is C13H14FN3O2. The number of nitrogens with zero attached hydrogens (tertiary/aromatic N) is 2. The first-order valence-electron chi connectivity index (χ1n) is 5.60. The summed E-state index contributed by atoms with van der Waals surface area (Å²) >= 11 is 0. The minimum atomic E-state index is -0.453. The minimum Gasteiger partial charge on any atom is -0.494 e. The van der Waals surface area contributed by atoms with Gasteiger partial charge < -0.3 is 15.2 Å². The smallest absolute Gasteiger partial charge is 0.165 e. The average Bonchev–Trinajstić information content (AvgIpc) is 2.38. The van der Waals surface area contributed by atoms with Crippen molar-refractivity contribution in [3.8, 4) is 17.0 Å². The van der Waals surface area contributed by atoms with Crippen molar-refractivity contribution in [1.29, 1.82) is 0 Å². The van der Waals surface area contributed by atoms with Crippen LogP contribution in [0, 0.1) is 5.82 Å². The Hall–Kier alpha value is -2.21. The number of nitrogen functional groups attached to an aromatic ring is 1. The second-order valence-corrected chi connectivity index (χ2v) is 3.88. The van der Waals surface area contributed by atoms with Crippen LogP contribution >= 0.6 is 0 Å². The summed E-state index contributed by atoms with van der Waals surface area (Å²) < 4.78 is 23.5. The van der Waals surface area contributed by atoms with Crippen molar-refractivity contribution in [3.63, 3.8) is 0 Å². The van der Waals surface area contributed by atoms with Gasteiger partial charge in [0.25, 0.3) is 0 Å². The van der Waals surface area contributed by atoms with Crippen LogP contribution in [0.2, 0.25) is 0 Å². The van der Waals surface area contributed by atoms with E-state index in [9.17, 15) is 4.39 Å². The maximum atomic E-state index is 13.7. The number of halogens is 1. The molecule has 0 atom stereocenters. The first kappa shape index (κ1) is 13.2. The molecule has 1 heterocycles. The summed E-state index contributed by atoms with van der Waals surface area (Å²) in [5.74, 6) is 0.496. The normalized spacial score (nSPS) is 10.5. The van der Waals surface area contributed by atoms with E-state index >= 15 is 0 Å². The van der Waals surface area contributed by atoms with Gasteiger partial charge in [-0.15, -0.1) is 0 Å². The molecule has 0 radical (unpaired) electrons. The van der Waals surface area contributed by atoms with E-state index < -0.39 is 5.82 Å². The van der Waals surface area contributed by atoms with E-state index in [1.165, 1.54) is 13.2 Å². The van der Waals surface area contributed by atoms with Gasteiger partial charge in [0.15, 0.2) is 17.4 Å². The molecule has 1 aromatic carbocycles. The molecule has 1 aromatic heterocycles. The summed E-state index contributed by atoms with van der Waals surface area (Å²) in [4.78, 5) is 8.30. The molecule has 0 saturated carbocycles. The van der Waals surface area contributed by atoms with E-state index in [0.29, 0.717) is 22.9 Å². The summed E-state index contributed by atoms with van der Waals surface area (Å²) in [6.07, 6.45) is 0. The third kappa shape index (κ3) is 2.97. The molecule has 6 heteroatoms. The number of ether oxygens (including phenoxy) is 2. The zero-order valence-electron chi connectivity index (χ0n) is 10.7. The molecule has 100 valence electrons. The van der Waals surface area contributed by atoms with Crippen molar-refractivity contribution >= 4 is 5.82 Å². The van der Waals surface area contributed by atoms with E-state index in [4.69, 9.17) is 15.2 Å². The molecule has 5 nitrogen and oxygen atoms in total. The third-order valence-corrected chi connectivity index (χ3v) is 2.51. The van der Waals surface area contributed by atoms with Gasteiger partial charge in [0.2, 0.25) is 0 Å². The first-order valence-corrected chi connectivity index (χ1v) is 5.60. The third-order valence-electron chi connectivity index (χ3n) is 2.51. The highest BCUT2D eigenvalue weighted by Crippen LogP contribution is 2.25. The molecular weight excluding hydrogens is 249 g/mol. The number of hydrogen-bond donors (Lipinski definition) is 1. The Morgan fingerprint density at radius 1 is 1.21 bits per heavy atom. The fraction of sp³-hybridized carbons (Fsp3) is 0.231. The van der Waals surface area contributed by atoms with Gasteiger partial charge in [-0.05, 0) is 18.2 Å². The second-order valence-electron chi connectivity index (χ2n) is 3.88. The number of anilines is 1. The van der Waals surface area contributed by atoms with Gasteiger partial charge in [0, 0.05) is 18.7 Å². The van der Waals surface area contributed by atoms with Gasteiger partial charge in [0.1, 0.15) is 12.4 Å². The van der Waals surface area contributed by atoms with E-state index in [-0.39, 0.29) is 12.4 Å². The zero-order chi connectivity index (χ0) is 13.8. The highest BCUT2D eigenvalue weighted by molar-refractivity contribution is 5.62. The van der Waals surface area contributed by atoms with Gasteiger partial charge in [0.05, 0.1) is 12.8 Å². The van der Waals surface area contributed by atoms with Crippen molar-refractivity contribution < 1.29 is 13.9 Å². The predicted molar refractivity (Wildman–Crippen MR) is 69.1 cm³/mol. The monoisotopic (exact) mass is 263 g/mol. The van der Waals surface area contributed by atoms with Gasteiger partial charge >= 0.3 is 0 Å². The number of nitrogens with two attached hydrogens (primary N) is 1. The average molecular weight is 263 g/mol. The Labute approximate surface area is 110 Å². The molecule has 0 unspecified atom stereocenters. The fourth-order valence-corrected chi connectivity index (χ4v) is 1.68. The number of rotatable bonds is 4. The molecule has 2 rings (SSSR count). The topological polar surface area (TPSA) is 70.3 Å². The van der Waals surface area contributed by atoms with Crippen LogP contribution in [-0.4, -0.2) is 24.2 Å². The lowest BCUT2D eigenvalue weighted by atomic mass is 10.1.